The molecule has 3 saturated heterocycles. The molecule has 0 aromatic heterocycles. The Morgan fingerprint density at radius 1 is 0.960 bits per heavy atom. The zero-order valence-electron chi connectivity index (χ0n) is 14.8. The summed E-state index contributed by atoms with van der Waals surface area (Å²) in [6, 6.07) is 21.9. The van der Waals surface area contributed by atoms with E-state index in [-0.39, 0.29) is 12.1 Å². The van der Waals surface area contributed by atoms with Gasteiger partial charge in [0.1, 0.15) is 12.6 Å². The number of nitrogens with zero attached hydrogens (tertiary/aromatic N) is 1. The lowest BCUT2D eigenvalue weighted by Crippen LogP contribution is -2.65. The molecule has 0 saturated carbocycles. The monoisotopic (exact) mass is 336 g/mol. The van der Waals surface area contributed by atoms with Crippen molar-refractivity contribution in [2.75, 3.05) is 19.6 Å². The van der Waals surface area contributed by atoms with Crippen molar-refractivity contribution in [3.8, 4) is 0 Å². The summed E-state index contributed by atoms with van der Waals surface area (Å²) in [4.78, 5) is 11.6. The van der Waals surface area contributed by atoms with Crippen LogP contribution in [0.5, 0.6) is 0 Å². The van der Waals surface area contributed by atoms with Gasteiger partial charge in [-0.25, -0.2) is 0 Å². The molecule has 0 N–H and O–H groups in total. The number of carbonyl (C=O) groups excluding carboxylic acids is 1. The molecule has 2 aromatic carbocycles. The van der Waals surface area contributed by atoms with Gasteiger partial charge in [0.05, 0.1) is 13.1 Å². The van der Waals surface area contributed by atoms with Crippen LogP contribution in [0.3, 0.4) is 0 Å². The molecule has 3 nitrogen and oxygen atoms in total. The van der Waals surface area contributed by atoms with E-state index in [1.165, 1.54) is 18.1 Å². The van der Waals surface area contributed by atoms with Gasteiger partial charge in [-0.2, -0.15) is 0 Å². The summed E-state index contributed by atoms with van der Waals surface area (Å²) in [6.07, 6.45) is 2.36. The third-order valence-corrected chi connectivity index (χ3v) is 6.06. The molecule has 130 valence electrons. The van der Waals surface area contributed by atoms with Crippen LogP contribution in [0.2, 0.25) is 0 Å². The Morgan fingerprint density at radius 3 is 1.96 bits per heavy atom. The molecule has 3 aliphatic rings. The van der Waals surface area contributed by atoms with Crippen molar-refractivity contribution >= 4 is 5.97 Å². The average Bonchev–Trinajstić information content (AvgIpc) is 2.64. The second-order valence-corrected chi connectivity index (χ2v) is 7.56. The second kappa shape index (κ2) is 6.64. The molecule has 3 heteroatoms. The predicted octanol–water partition coefficient (Wildman–Crippen LogP) is 3.95. The zero-order valence-corrected chi connectivity index (χ0v) is 14.8. The van der Waals surface area contributed by atoms with E-state index < -0.39 is 0 Å². The van der Waals surface area contributed by atoms with E-state index in [9.17, 15) is 4.79 Å². The fraction of sp³-hybridized carbons (Fsp3) is 0.409. The number of hydrogen-bond donors (Lipinski definition) is 0. The van der Waals surface area contributed by atoms with Gasteiger partial charge in [0.2, 0.25) is 0 Å². The van der Waals surface area contributed by atoms with Crippen LogP contribution in [0.15, 0.2) is 60.7 Å². The molecule has 0 radical (unpaired) electrons. The van der Waals surface area contributed by atoms with E-state index in [0.29, 0.717) is 12.0 Å². The van der Waals surface area contributed by atoms with E-state index >= 15 is 0 Å². The standard InChI is InChI=1S/C22H26NO2/c1-17(24)25-21-16-23(14-12-18(21)13-15-23)22(19-8-4-2-5-9-19)20-10-6-3-7-11-20/h2-11,18,21-22H,12-16H2,1H3/q+1/t18?,21-,23?/m0/s1. The zero-order chi connectivity index (χ0) is 17.3. The maximum atomic E-state index is 11.6. The first kappa shape index (κ1) is 16.3. The van der Waals surface area contributed by atoms with E-state index in [4.69, 9.17) is 4.74 Å². The molecular weight excluding hydrogens is 310 g/mol. The topological polar surface area (TPSA) is 26.3 Å². The van der Waals surface area contributed by atoms with Gasteiger partial charge >= 0.3 is 5.97 Å². The Labute approximate surface area is 149 Å². The van der Waals surface area contributed by atoms with E-state index in [1.807, 2.05) is 0 Å². The fourth-order valence-corrected chi connectivity index (χ4v) is 4.97. The van der Waals surface area contributed by atoms with Crippen molar-refractivity contribution in [2.24, 2.45) is 5.92 Å². The van der Waals surface area contributed by atoms with Crippen molar-refractivity contribution < 1.29 is 14.0 Å². The number of carbonyl (C=O) groups is 1. The highest BCUT2D eigenvalue weighted by Gasteiger charge is 2.51. The number of hydrogen-bond acceptors (Lipinski definition) is 2. The van der Waals surface area contributed by atoms with Gasteiger partial charge in [-0.05, 0) is 0 Å². The largest absolute Gasteiger partial charge is 0.456 e. The number of piperidine rings is 3. The first-order valence-electron chi connectivity index (χ1n) is 9.31. The summed E-state index contributed by atoms with van der Waals surface area (Å²) < 4.78 is 6.72. The number of fused-ring (bicyclic) bond motifs is 3. The van der Waals surface area contributed by atoms with Gasteiger partial charge in [0, 0.05) is 36.8 Å². The molecule has 2 aromatic rings. The molecule has 5 rings (SSSR count). The molecule has 3 heterocycles. The molecule has 25 heavy (non-hydrogen) atoms. The summed E-state index contributed by atoms with van der Waals surface area (Å²) in [5.74, 6) is 0.393. The minimum atomic E-state index is -0.145. The summed E-state index contributed by atoms with van der Waals surface area (Å²) >= 11 is 0. The Morgan fingerprint density at radius 2 is 1.48 bits per heavy atom. The third kappa shape index (κ3) is 3.09. The Bertz CT molecular complexity index is 681. The van der Waals surface area contributed by atoms with Gasteiger partial charge in [0.25, 0.3) is 0 Å². The quantitative estimate of drug-likeness (QED) is 0.624. The second-order valence-electron chi connectivity index (χ2n) is 7.56. The van der Waals surface area contributed by atoms with Crippen molar-refractivity contribution in [1.29, 1.82) is 0 Å². The maximum Gasteiger partial charge on any atom is 0.303 e. The molecule has 0 unspecified atom stereocenters. The van der Waals surface area contributed by atoms with Crippen LogP contribution in [-0.4, -0.2) is 36.2 Å². The summed E-state index contributed by atoms with van der Waals surface area (Å²) in [6.45, 7) is 4.79. The van der Waals surface area contributed by atoms with Gasteiger partial charge in [-0.3, -0.25) is 4.79 Å². The summed E-state index contributed by atoms with van der Waals surface area (Å²) in [7, 11) is 0. The first-order valence-corrected chi connectivity index (χ1v) is 9.31. The number of quaternary nitrogens is 1. The van der Waals surface area contributed by atoms with Gasteiger partial charge in [0.15, 0.2) is 6.10 Å². The Kier molecular flexibility index (Phi) is 4.34. The lowest BCUT2D eigenvalue weighted by atomic mass is 9.79. The lowest BCUT2D eigenvalue weighted by molar-refractivity contribution is -0.968. The van der Waals surface area contributed by atoms with E-state index in [2.05, 4.69) is 60.7 Å². The Balaban J connectivity index is 1.75. The van der Waals surface area contributed by atoms with Crippen molar-refractivity contribution in [1.82, 2.24) is 0 Å². The van der Waals surface area contributed by atoms with Crippen LogP contribution in [0.4, 0.5) is 0 Å². The Hall–Kier alpha value is -2.13. The number of esters is 1. The molecular formula is C22H26NO2+. The van der Waals surface area contributed by atoms with Crippen LogP contribution in [-0.2, 0) is 9.53 Å². The van der Waals surface area contributed by atoms with E-state index in [0.717, 1.165) is 37.0 Å². The number of rotatable bonds is 4. The van der Waals surface area contributed by atoms with Crippen molar-refractivity contribution in [3.05, 3.63) is 71.8 Å². The van der Waals surface area contributed by atoms with Gasteiger partial charge in [-0.1, -0.05) is 60.7 Å². The highest BCUT2D eigenvalue weighted by molar-refractivity contribution is 5.66. The van der Waals surface area contributed by atoms with Crippen LogP contribution >= 0.6 is 0 Å². The first-order chi connectivity index (χ1) is 12.2. The molecule has 0 spiro atoms. The minimum absolute atomic E-state index is 0.0647. The fourth-order valence-electron chi connectivity index (χ4n) is 4.97. The van der Waals surface area contributed by atoms with Crippen LogP contribution in [0.1, 0.15) is 36.9 Å². The van der Waals surface area contributed by atoms with Crippen LogP contribution < -0.4 is 0 Å². The number of benzene rings is 2. The number of ether oxygens (including phenoxy) is 1. The smallest absolute Gasteiger partial charge is 0.303 e. The highest BCUT2D eigenvalue weighted by atomic mass is 16.5. The molecule has 3 fully saturated rings. The molecule has 0 amide bonds. The highest BCUT2D eigenvalue weighted by Crippen LogP contribution is 2.45. The average molecular weight is 336 g/mol. The normalized spacial score (nSPS) is 28.1. The lowest BCUT2D eigenvalue weighted by Gasteiger charge is -2.55. The summed E-state index contributed by atoms with van der Waals surface area (Å²) in [5.41, 5.74) is 2.71. The predicted molar refractivity (Wildman–Crippen MR) is 97.9 cm³/mol. The third-order valence-electron chi connectivity index (χ3n) is 6.06. The molecule has 2 bridgehead atoms. The van der Waals surface area contributed by atoms with Crippen LogP contribution in [0, 0.1) is 5.92 Å². The summed E-state index contributed by atoms with van der Waals surface area (Å²) in [5, 5.41) is 0. The van der Waals surface area contributed by atoms with Gasteiger partial charge in [-0.15, -0.1) is 0 Å². The minimum Gasteiger partial charge on any atom is -0.456 e. The van der Waals surface area contributed by atoms with Crippen molar-refractivity contribution in [3.63, 3.8) is 0 Å². The molecule has 3 aliphatic heterocycles. The van der Waals surface area contributed by atoms with Crippen LogP contribution in [0.25, 0.3) is 0 Å². The van der Waals surface area contributed by atoms with E-state index in [1.54, 1.807) is 0 Å². The van der Waals surface area contributed by atoms with Crippen molar-refractivity contribution in [2.45, 2.75) is 31.9 Å². The SMILES string of the molecule is CC(=O)O[C@H]1C[N+]2(C(c3ccccc3)c3ccccc3)CCC1CC2. The van der Waals surface area contributed by atoms with Gasteiger partial charge < -0.3 is 9.22 Å². The molecule has 1 atom stereocenters. The molecule has 0 aliphatic carbocycles. The maximum absolute atomic E-state index is 11.6.